The van der Waals surface area contributed by atoms with Gasteiger partial charge in [-0.25, -0.2) is 31.4 Å². The van der Waals surface area contributed by atoms with Crippen LogP contribution in [0, 0.1) is 11.6 Å². The number of piperidine rings is 1. The number of benzene rings is 2. The van der Waals surface area contributed by atoms with E-state index in [4.69, 9.17) is 4.74 Å². The van der Waals surface area contributed by atoms with E-state index in [-0.39, 0.29) is 34.7 Å². The standard InChI is InChI=1S/C22H25F2N5O4S2/c1-34(2,30)28-15-10-17(24)21-19(11-15)25-13-26-22(21)27-18-7-6-14(23)9-20(18)33-16-5-4-8-29(12-16)35(3,31)32/h6-7,9-11,13,16H,4-5,8,12H2,1-3H3,(H,25,26,27)/t16-/m1/s1. The summed E-state index contributed by atoms with van der Waals surface area (Å²) in [4.78, 5) is 8.23. The van der Waals surface area contributed by atoms with Crippen molar-refractivity contribution in [2.45, 2.75) is 18.9 Å². The third-order valence-corrected chi connectivity index (χ3v) is 7.22. The zero-order valence-electron chi connectivity index (χ0n) is 19.4. The molecule has 0 radical (unpaired) electrons. The summed E-state index contributed by atoms with van der Waals surface area (Å²) in [7, 11) is -5.89. The normalized spacial score (nSPS) is 17.3. The Morgan fingerprint density at radius 2 is 1.89 bits per heavy atom. The molecule has 2 aromatic carbocycles. The van der Waals surface area contributed by atoms with Crippen LogP contribution in [0.5, 0.6) is 5.75 Å². The maximum absolute atomic E-state index is 15.1. The predicted octanol–water partition coefficient (Wildman–Crippen LogP) is 3.81. The van der Waals surface area contributed by atoms with Gasteiger partial charge in [0.25, 0.3) is 0 Å². The number of ether oxygens (including phenoxy) is 1. The van der Waals surface area contributed by atoms with Gasteiger partial charge in [0, 0.05) is 40.9 Å². The Kier molecular flexibility index (Phi) is 6.93. The second-order valence-electron chi connectivity index (χ2n) is 8.59. The van der Waals surface area contributed by atoms with Crippen molar-refractivity contribution in [2.24, 2.45) is 4.36 Å². The highest BCUT2D eigenvalue weighted by Gasteiger charge is 2.28. The van der Waals surface area contributed by atoms with Crippen LogP contribution in [0.3, 0.4) is 0 Å². The summed E-state index contributed by atoms with van der Waals surface area (Å²) in [5, 5.41) is 3.05. The molecule has 0 spiro atoms. The smallest absolute Gasteiger partial charge is 0.211 e. The van der Waals surface area contributed by atoms with Crippen molar-refractivity contribution in [1.29, 1.82) is 0 Å². The zero-order valence-corrected chi connectivity index (χ0v) is 21.0. The van der Waals surface area contributed by atoms with Crippen molar-refractivity contribution in [3.8, 4) is 5.75 Å². The minimum atomic E-state index is -3.38. The quantitative estimate of drug-likeness (QED) is 0.521. The summed E-state index contributed by atoms with van der Waals surface area (Å²) in [6, 6.07) is 6.47. The SMILES string of the molecule is CS(=O)(=O)N1CCC[C@@H](Oc2cc(F)ccc2Nc2ncnc3cc(N=S(C)(C)=O)cc(F)c23)C1. The Bertz CT molecular complexity index is 1500. The summed E-state index contributed by atoms with van der Waals surface area (Å²) < 4.78 is 76.3. The minimum Gasteiger partial charge on any atom is -0.487 e. The van der Waals surface area contributed by atoms with Crippen molar-refractivity contribution >= 4 is 47.8 Å². The van der Waals surface area contributed by atoms with Crippen LogP contribution in [-0.4, -0.2) is 64.9 Å². The van der Waals surface area contributed by atoms with Crippen molar-refractivity contribution in [1.82, 2.24) is 14.3 Å². The van der Waals surface area contributed by atoms with E-state index in [1.165, 1.54) is 47.4 Å². The molecule has 0 unspecified atom stereocenters. The Balaban J connectivity index is 1.67. The third-order valence-electron chi connectivity index (χ3n) is 5.30. The van der Waals surface area contributed by atoms with Crippen molar-refractivity contribution in [3.05, 3.63) is 48.3 Å². The second kappa shape index (κ2) is 9.63. The lowest BCUT2D eigenvalue weighted by Gasteiger charge is -2.31. The summed E-state index contributed by atoms with van der Waals surface area (Å²) in [5.41, 5.74) is 0.750. The molecule has 1 aliphatic heterocycles. The van der Waals surface area contributed by atoms with Crippen LogP contribution in [0.2, 0.25) is 0 Å². The van der Waals surface area contributed by atoms with E-state index in [1.807, 2.05) is 0 Å². The van der Waals surface area contributed by atoms with Gasteiger partial charge in [0.2, 0.25) is 10.0 Å². The van der Waals surface area contributed by atoms with Crippen LogP contribution in [0.1, 0.15) is 12.8 Å². The lowest BCUT2D eigenvalue weighted by molar-refractivity contribution is 0.130. The first-order chi connectivity index (χ1) is 16.4. The van der Waals surface area contributed by atoms with Crippen LogP contribution >= 0.6 is 0 Å². The fourth-order valence-electron chi connectivity index (χ4n) is 3.84. The lowest BCUT2D eigenvalue weighted by atomic mass is 10.1. The molecule has 4 rings (SSSR count). The first-order valence-corrected chi connectivity index (χ1v) is 14.9. The van der Waals surface area contributed by atoms with Gasteiger partial charge in [0.1, 0.15) is 35.6 Å². The number of hydrogen-bond acceptors (Lipinski definition) is 8. The van der Waals surface area contributed by atoms with Crippen LogP contribution in [0.4, 0.5) is 26.0 Å². The molecule has 1 fully saturated rings. The van der Waals surface area contributed by atoms with E-state index >= 15 is 4.39 Å². The topological polar surface area (TPSA) is 114 Å². The van der Waals surface area contributed by atoms with E-state index in [0.29, 0.717) is 25.1 Å². The van der Waals surface area contributed by atoms with Gasteiger partial charge in [0.05, 0.1) is 35.1 Å². The Hall–Kier alpha value is -2.90. The molecule has 1 saturated heterocycles. The molecule has 188 valence electrons. The molecule has 1 atom stereocenters. The number of rotatable bonds is 6. The molecule has 0 aliphatic carbocycles. The number of nitrogens with zero attached hydrogens (tertiary/aromatic N) is 4. The first-order valence-electron chi connectivity index (χ1n) is 10.7. The Morgan fingerprint density at radius 1 is 1.11 bits per heavy atom. The van der Waals surface area contributed by atoms with Gasteiger partial charge in [-0.15, -0.1) is 0 Å². The zero-order chi connectivity index (χ0) is 25.4. The van der Waals surface area contributed by atoms with E-state index in [2.05, 4.69) is 19.6 Å². The van der Waals surface area contributed by atoms with Gasteiger partial charge in [-0.05, 0) is 31.0 Å². The maximum atomic E-state index is 15.1. The Morgan fingerprint density at radius 3 is 2.60 bits per heavy atom. The van der Waals surface area contributed by atoms with Crippen LogP contribution in [-0.2, 0) is 19.8 Å². The van der Waals surface area contributed by atoms with Gasteiger partial charge in [-0.2, -0.15) is 8.67 Å². The molecule has 9 nitrogen and oxygen atoms in total. The van der Waals surface area contributed by atoms with Crippen LogP contribution in [0.25, 0.3) is 10.9 Å². The first kappa shape index (κ1) is 25.2. The molecule has 0 saturated carbocycles. The predicted molar refractivity (Wildman–Crippen MR) is 131 cm³/mol. The van der Waals surface area contributed by atoms with Gasteiger partial charge in [0.15, 0.2) is 0 Å². The molecule has 0 bridgehead atoms. The highest BCUT2D eigenvalue weighted by atomic mass is 32.2. The fraction of sp³-hybridized carbons (Fsp3) is 0.364. The van der Waals surface area contributed by atoms with E-state index in [0.717, 1.165) is 12.3 Å². The van der Waals surface area contributed by atoms with Crippen molar-refractivity contribution in [2.75, 3.05) is 37.2 Å². The third kappa shape index (κ3) is 6.21. The van der Waals surface area contributed by atoms with Crippen molar-refractivity contribution < 1.29 is 26.1 Å². The molecule has 2 heterocycles. The van der Waals surface area contributed by atoms with E-state index in [1.54, 1.807) is 0 Å². The molecule has 1 aliphatic rings. The monoisotopic (exact) mass is 525 g/mol. The van der Waals surface area contributed by atoms with Crippen LogP contribution in [0.15, 0.2) is 41.0 Å². The molecule has 3 aromatic rings. The Labute approximate surface area is 202 Å². The largest absolute Gasteiger partial charge is 0.487 e. The number of aromatic nitrogens is 2. The van der Waals surface area contributed by atoms with Crippen LogP contribution < -0.4 is 10.1 Å². The highest BCUT2D eigenvalue weighted by molar-refractivity contribution is 7.92. The van der Waals surface area contributed by atoms with E-state index < -0.39 is 37.5 Å². The summed E-state index contributed by atoms with van der Waals surface area (Å²) >= 11 is 0. The highest BCUT2D eigenvalue weighted by Crippen LogP contribution is 2.34. The lowest BCUT2D eigenvalue weighted by Crippen LogP contribution is -2.43. The number of halogens is 2. The second-order valence-corrected chi connectivity index (χ2v) is 13.1. The molecule has 0 amide bonds. The number of nitrogens with one attached hydrogen (secondary N) is 1. The molecule has 35 heavy (non-hydrogen) atoms. The minimum absolute atomic E-state index is 0.0707. The van der Waals surface area contributed by atoms with Gasteiger partial charge < -0.3 is 10.1 Å². The summed E-state index contributed by atoms with van der Waals surface area (Å²) in [6.07, 6.45) is 5.97. The average molecular weight is 526 g/mol. The number of sulfonamides is 1. The average Bonchev–Trinajstić information content (AvgIpc) is 2.74. The molecular weight excluding hydrogens is 500 g/mol. The fourth-order valence-corrected chi connectivity index (χ4v) is 5.35. The molecule has 1 aromatic heterocycles. The van der Waals surface area contributed by atoms with Gasteiger partial charge in [-0.3, -0.25) is 0 Å². The molecular formula is C22H25F2N5O4S2. The number of hydrogen-bond donors (Lipinski definition) is 1. The summed E-state index contributed by atoms with van der Waals surface area (Å²) in [6.45, 7) is 0.544. The maximum Gasteiger partial charge on any atom is 0.211 e. The van der Waals surface area contributed by atoms with E-state index in [9.17, 15) is 17.0 Å². The van der Waals surface area contributed by atoms with Crippen molar-refractivity contribution in [3.63, 3.8) is 0 Å². The summed E-state index contributed by atoms with van der Waals surface area (Å²) in [5.74, 6) is -0.964. The number of fused-ring (bicyclic) bond motifs is 1. The molecule has 1 N–H and O–H groups in total. The van der Waals surface area contributed by atoms with Gasteiger partial charge >= 0.3 is 0 Å². The van der Waals surface area contributed by atoms with Gasteiger partial charge in [-0.1, -0.05) is 0 Å². The molecule has 13 heteroatoms. The number of anilines is 2.